The van der Waals surface area contributed by atoms with E-state index in [1.807, 2.05) is 37.3 Å². The molecule has 1 aliphatic heterocycles. The van der Waals surface area contributed by atoms with Gasteiger partial charge in [-0.05, 0) is 64.2 Å². The highest BCUT2D eigenvalue weighted by atomic mass is 79.9. The number of benzene rings is 1. The summed E-state index contributed by atoms with van der Waals surface area (Å²) in [6.45, 7) is 12.5. The topological polar surface area (TPSA) is 153 Å². The summed E-state index contributed by atoms with van der Waals surface area (Å²) in [6.07, 6.45) is 2.75. The summed E-state index contributed by atoms with van der Waals surface area (Å²) in [4.78, 5) is 57.2. The molecule has 0 saturated carbocycles. The number of amides is 4. The molecule has 0 aliphatic carbocycles. The lowest BCUT2D eigenvalue weighted by molar-refractivity contribution is -0.143. The van der Waals surface area contributed by atoms with Crippen LogP contribution in [0.3, 0.4) is 0 Å². The summed E-state index contributed by atoms with van der Waals surface area (Å²) in [5.41, 5.74) is 3.50. The molecule has 0 bridgehead atoms. The highest BCUT2D eigenvalue weighted by molar-refractivity contribution is 9.10. The third kappa shape index (κ3) is 8.61. The molecule has 5 N–H and O–H groups in total. The Kier molecular flexibility index (Phi) is 11.8. The monoisotopic (exact) mass is 658 g/mol. The Balaban J connectivity index is 1.59. The molecule has 234 valence electrons. The molecule has 2 aromatic rings. The van der Waals surface area contributed by atoms with Crippen LogP contribution in [-0.4, -0.2) is 70.0 Å². The minimum Gasteiger partial charge on any atom is -0.396 e. The summed E-state index contributed by atoms with van der Waals surface area (Å²) in [6, 6.07) is 6.88. The number of hydrogen-bond acceptors (Lipinski definition) is 7. The maximum absolute atomic E-state index is 13.3. The first-order valence-electron chi connectivity index (χ1n) is 14.6. The van der Waals surface area contributed by atoms with E-state index >= 15 is 0 Å². The number of aromatic nitrogens is 1. The van der Waals surface area contributed by atoms with Crippen LogP contribution in [0.1, 0.15) is 65.6 Å². The van der Waals surface area contributed by atoms with E-state index in [1.165, 1.54) is 11.1 Å². The fourth-order valence-corrected chi connectivity index (χ4v) is 5.20. The number of aliphatic hydroxyl groups is 1. The molecule has 1 saturated heterocycles. The maximum Gasteiger partial charge on any atom is 0.258 e. The van der Waals surface area contributed by atoms with Crippen LogP contribution in [0.25, 0.3) is 10.9 Å². The van der Waals surface area contributed by atoms with Crippen LogP contribution in [0.15, 0.2) is 47.5 Å². The van der Waals surface area contributed by atoms with Gasteiger partial charge in [0, 0.05) is 23.0 Å². The lowest BCUT2D eigenvalue weighted by atomic mass is 9.85. The van der Waals surface area contributed by atoms with E-state index in [0.717, 1.165) is 21.1 Å². The SMILES string of the molecule is C=CC(C)(CCO)C(=O)NC(C(=O)N[C@@H](C)C(=O)N1CCC[C@@H](C(=O)N[C@H](C)c2ccc3ccc(Br)cc3n2)N1)C(C)C. The number of nitrogens with zero attached hydrogens (tertiary/aromatic N) is 2. The summed E-state index contributed by atoms with van der Waals surface area (Å²) in [5.74, 6) is -1.86. The average Bonchev–Trinajstić information content (AvgIpc) is 2.98. The molecule has 1 aromatic heterocycles. The van der Waals surface area contributed by atoms with Crippen molar-refractivity contribution in [2.45, 2.75) is 78.0 Å². The Morgan fingerprint density at radius 3 is 2.51 bits per heavy atom. The van der Waals surface area contributed by atoms with Gasteiger partial charge in [0.15, 0.2) is 0 Å². The zero-order valence-electron chi connectivity index (χ0n) is 25.4. The van der Waals surface area contributed by atoms with E-state index in [-0.39, 0.29) is 30.9 Å². The van der Waals surface area contributed by atoms with Crippen molar-refractivity contribution in [2.24, 2.45) is 11.3 Å². The van der Waals surface area contributed by atoms with Gasteiger partial charge in [-0.15, -0.1) is 6.58 Å². The number of pyridine rings is 1. The number of hydrazine groups is 1. The molecule has 11 nitrogen and oxygen atoms in total. The van der Waals surface area contributed by atoms with Crippen molar-refractivity contribution < 1.29 is 24.3 Å². The van der Waals surface area contributed by atoms with E-state index in [0.29, 0.717) is 19.4 Å². The predicted octanol–water partition coefficient (Wildman–Crippen LogP) is 2.89. The second-order valence-electron chi connectivity index (χ2n) is 11.6. The van der Waals surface area contributed by atoms with Gasteiger partial charge in [0.2, 0.25) is 17.7 Å². The molecule has 5 atom stereocenters. The van der Waals surface area contributed by atoms with E-state index in [1.54, 1.807) is 27.7 Å². The lowest BCUT2D eigenvalue weighted by Gasteiger charge is -2.35. The van der Waals surface area contributed by atoms with Crippen LogP contribution in [0.2, 0.25) is 0 Å². The first-order valence-corrected chi connectivity index (χ1v) is 15.4. The number of nitrogens with one attached hydrogen (secondary N) is 4. The standard InChI is InChI=1S/C31H43BrN6O5/c1-7-31(6,14-16-39)30(43)36-26(18(2)3)28(41)34-20(5)29(42)38-15-8-9-24(37-38)27(40)33-19(4)23-13-11-21-10-12-22(32)17-25(21)35-23/h7,10-13,17-20,24,26,37,39H,1,8-9,14-16H2,2-6H3,(H,33,40)(H,34,41)(H,36,43)/t19-,20+,24+,26?,31?/m1/s1. The van der Waals surface area contributed by atoms with E-state index < -0.39 is 41.3 Å². The molecule has 0 radical (unpaired) electrons. The van der Waals surface area contributed by atoms with Gasteiger partial charge in [-0.25, -0.2) is 5.43 Å². The zero-order valence-corrected chi connectivity index (χ0v) is 27.0. The van der Waals surface area contributed by atoms with Crippen molar-refractivity contribution in [3.63, 3.8) is 0 Å². The van der Waals surface area contributed by atoms with Gasteiger partial charge in [-0.2, -0.15) is 0 Å². The molecule has 12 heteroatoms. The predicted molar refractivity (Wildman–Crippen MR) is 168 cm³/mol. The second-order valence-corrected chi connectivity index (χ2v) is 12.6. The van der Waals surface area contributed by atoms with Crippen molar-refractivity contribution >= 4 is 50.5 Å². The summed E-state index contributed by atoms with van der Waals surface area (Å²) < 4.78 is 0.918. The maximum atomic E-state index is 13.3. The van der Waals surface area contributed by atoms with Crippen LogP contribution in [0.5, 0.6) is 0 Å². The quantitative estimate of drug-likeness (QED) is 0.220. The van der Waals surface area contributed by atoms with Crippen LogP contribution >= 0.6 is 15.9 Å². The zero-order chi connectivity index (χ0) is 31.9. The van der Waals surface area contributed by atoms with Gasteiger partial charge in [-0.3, -0.25) is 29.2 Å². The van der Waals surface area contributed by atoms with Gasteiger partial charge in [0.25, 0.3) is 5.91 Å². The van der Waals surface area contributed by atoms with Crippen LogP contribution in [-0.2, 0) is 19.2 Å². The van der Waals surface area contributed by atoms with Crippen molar-refractivity contribution in [3.05, 3.63) is 53.2 Å². The third-order valence-corrected chi connectivity index (χ3v) is 8.31. The van der Waals surface area contributed by atoms with Crippen LogP contribution in [0.4, 0.5) is 0 Å². The summed E-state index contributed by atoms with van der Waals surface area (Å²) in [7, 11) is 0. The molecule has 0 spiro atoms. The number of carbonyl (C=O) groups is 4. The van der Waals surface area contributed by atoms with E-state index in [2.05, 4.69) is 48.9 Å². The number of aliphatic hydroxyl groups excluding tert-OH is 1. The fourth-order valence-electron chi connectivity index (χ4n) is 4.85. The van der Waals surface area contributed by atoms with E-state index in [4.69, 9.17) is 0 Å². The third-order valence-electron chi connectivity index (χ3n) is 7.81. The number of rotatable bonds is 12. The molecular weight excluding hydrogens is 616 g/mol. The van der Waals surface area contributed by atoms with E-state index in [9.17, 15) is 24.3 Å². The lowest BCUT2D eigenvalue weighted by Crippen LogP contribution is -2.62. The Morgan fingerprint density at radius 2 is 1.86 bits per heavy atom. The Hall–Kier alpha value is -3.35. The van der Waals surface area contributed by atoms with Crippen molar-refractivity contribution in [1.82, 2.24) is 31.4 Å². The average molecular weight is 660 g/mol. The van der Waals surface area contributed by atoms with Gasteiger partial charge in [-0.1, -0.05) is 48.0 Å². The highest BCUT2D eigenvalue weighted by Crippen LogP contribution is 2.24. The Bertz CT molecular complexity index is 1350. The van der Waals surface area contributed by atoms with Crippen molar-refractivity contribution in [3.8, 4) is 0 Å². The molecule has 4 amide bonds. The summed E-state index contributed by atoms with van der Waals surface area (Å²) in [5, 5.41) is 20.2. The number of carbonyl (C=O) groups excluding carboxylic acids is 4. The van der Waals surface area contributed by atoms with Crippen molar-refractivity contribution in [1.29, 1.82) is 0 Å². The van der Waals surface area contributed by atoms with Gasteiger partial charge in [0.1, 0.15) is 18.1 Å². The van der Waals surface area contributed by atoms with Gasteiger partial charge in [0.05, 0.1) is 22.7 Å². The first-order chi connectivity index (χ1) is 20.3. The normalized spacial score (nSPS) is 18.7. The number of halogens is 1. The fraction of sp³-hybridized carbons (Fsp3) is 0.516. The van der Waals surface area contributed by atoms with Gasteiger partial charge < -0.3 is 21.1 Å². The first kappa shape index (κ1) is 34.1. The number of hydrogen-bond donors (Lipinski definition) is 5. The smallest absolute Gasteiger partial charge is 0.258 e. The minimum absolute atomic E-state index is 0.161. The second kappa shape index (κ2) is 14.9. The summed E-state index contributed by atoms with van der Waals surface area (Å²) >= 11 is 3.46. The largest absolute Gasteiger partial charge is 0.396 e. The number of fused-ring (bicyclic) bond motifs is 1. The van der Waals surface area contributed by atoms with Gasteiger partial charge >= 0.3 is 0 Å². The molecule has 1 fully saturated rings. The molecule has 43 heavy (non-hydrogen) atoms. The Morgan fingerprint density at radius 1 is 1.16 bits per heavy atom. The molecular formula is C31H43BrN6O5. The Labute approximate surface area is 261 Å². The highest BCUT2D eigenvalue weighted by Gasteiger charge is 2.36. The molecule has 1 aliphatic rings. The van der Waals surface area contributed by atoms with Crippen LogP contribution < -0.4 is 21.4 Å². The van der Waals surface area contributed by atoms with Crippen molar-refractivity contribution in [2.75, 3.05) is 13.2 Å². The molecule has 1 aromatic carbocycles. The van der Waals surface area contributed by atoms with Crippen LogP contribution in [0, 0.1) is 11.3 Å². The minimum atomic E-state index is -1.05. The molecule has 2 heterocycles. The molecule has 3 rings (SSSR count). The molecule has 2 unspecified atom stereocenters.